The summed E-state index contributed by atoms with van der Waals surface area (Å²) >= 11 is 5.02. The lowest BCUT2D eigenvalue weighted by molar-refractivity contribution is -0.0702. The number of aromatic nitrogens is 2. The van der Waals surface area contributed by atoms with E-state index >= 15 is 0 Å². The summed E-state index contributed by atoms with van der Waals surface area (Å²) in [5.74, 6) is 0. The summed E-state index contributed by atoms with van der Waals surface area (Å²) in [5.41, 5.74) is 2.87. The van der Waals surface area contributed by atoms with Gasteiger partial charge in [0.2, 0.25) is 0 Å². The van der Waals surface area contributed by atoms with Crippen molar-refractivity contribution < 1.29 is 9.84 Å². The van der Waals surface area contributed by atoms with E-state index < -0.39 is 6.29 Å². The van der Waals surface area contributed by atoms with Crippen LogP contribution in [-0.4, -0.2) is 28.5 Å². The molecule has 96 valence electrons. The van der Waals surface area contributed by atoms with Gasteiger partial charge in [-0.05, 0) is 36.6 Å². The number of fused-ring (bicyclic) bond motifs is 1. The fourth-order valence-corrected chi connectivity index (χ4v) is 1.78. The highest BCUT2D eigenvalue weighted by atomic mass is 32.1. The number of benzene rings is 1. The van der Waals surface area contributed by atoms with E-state index in [1.54, 1.807) is 12.3 Å². The lowest BCUT2D eigenvalue weighted by Crippen LogP contribution is -2.06. The van der Waals surface area contributed by atoms with Gasteiger partial charge in [-0.3, -0.25) is 0 Å². The fourth-order valence-electron chi connectivity index (χ4n) is 1.56. The first-order valence-corrected chi connectivity index (χ1v) is 5.94. The number of hydrogen-bond donors (Lipinski definition) is 4. The maximum atomic E-state index is 9.18. The molecule has 18 heavy (non-hydrogen) atoms. The molecule has 1 heterocycles. The monoisotopic (exact) mass is 265 g/mol. The highest BCUT2D eigenvalue weighted by Gasteiger charge is 1.98. The summed E-state index contributed by atoms with van der Waals surface area (Å²) in [4.78, 5) is 6.09. The van der Waals surface area contributed by atoms with E-state index in [0.717, 1.165) is 16.7 Å². The lowest BCUT2D eigenvalue weighted by atomic mass is 10.3. The number of aromatic amines is 2. The van der Waals surface area contributed by atoms with Gasteiger partial charge in [0.05, 0.1) is 11.0 Å². The summed E-state index contributed by atoms with van der Waals surface area (Å²) < 4.78 is 5.33. The molecule has 0 amide bonds. The zero-order chi connectivity index (χ0) is 13.0. The van der Waals surface area contributed by atoms with E-state index in [1.165, 1.54) is 7.11 Å². The molecule has 0 spiro atoms. The van der Waals surface area contributed by atoms with Crippen LogP contribution in [0.4, 0.5) is 5.69 Å². The average molecular weight is 265 g/mol. The van der Waals surface area contributed by atoms with Crippen molar-refractivity contribution in [1.82, 2.24) is 9.97 Å². The second-order valence-electron chi connectivity index (χ2n) is 3.81. The maximum Gasteiger partial charge on any atom is 0.175 e. The lowest BCUT2D eigenvalue weighted by Gasteiger charge is -2.04. The first-order chi connectivity index (χ1) is 8.69. The third-order valence-electron chi connectivity index (χ3n) is 2.49. The van der Waals surface area contributed by atoms with Crippen LogP contribution in [0.25, 0.3) is 11.0 Å². The molecule has 1 aromatic carbocycles. The minimum Gasteiger partial charge on any atom is -0.368 e. The maximum absolute atomic E-state index is 9.18. The third kappa shape index (κ3) is 3.19. The minimum absolute atomic E-state index is 0.443. The van der Waals surface area contributed by atoms with Crippen molar-refractivity contribution in [3.8, 4) is 0 Å². The van der Waals surface area contributed by atoms with Crippen LogP contribution >= 0.6 is 12.2 Å². The van der Waals surface area contributed by atoms with Gasteiger partial charge in [-0.2, -0.15) is 0 Å². The molecule has 5 nitrogen and oxygen atoms in total. The number of nitrogens with one attached hydrogen (secondary N) is 3. The number of aliphatic hydroxyl groups excluding tert-OH is 1. The van der Waals surface area contributed by atoms with Gasteiger partial charge in [0.25, 0.3) is 0 Å². The number of methoxy groups -OCH3 is 1. The summed E-state index contributed by atoms with van der Waals surface area (Å²) in [7, 11) is 1.47. The summed E-state index contributed by atoms with van der Waals surface area (Å²) in [6, 6.07) is 5.85. The van der Waals surface area contributed by atoms with E-state index in [1.807, 2.05) is 18.2 Å². The first-order valence-electron chi connectivity index (χ1n) is 5.53. The van der Waals surface area contributed by atoms with Crippen LogP contribution in [0, 0.1) is 4.77 Å². The summed E-state index contributed by atoms with van der Waals surface area (Å²) in [5, 5.41) is 12.3. The molecular weight excluding hydrogens is 250 g/mol. The predicted octanol–water partition coefficient (Wildman–Crippen LogP) is 2.51. The molecule has 0 aliphatic carbocycles. The highest BCUT2D eigenvalue weighted by molar-refractivity contribution is 7.71. The average Bonchev–Trinajstić information content (AvgIpc) is 2.73. The third-order valence-corrected chi connectivity index (χ3v) is 2.70. The van der Waals surface area contributed by atoms with Gasteiger partial charge in [-0.15, -0.1) is 0 Å². The molecule has 2 rings (SSSR count). The van der Waals surface area contributed by atoms with Gasteiger partial charge in [-0.25, -0.2) is 0 Å². The van der Waals surface area contributed by atoms with Gasteiger partial charge in [0, 0.05) is 19.2 Å². The number of hydrogen-bond acceptors (Lipinski definition) is 4. The van der Waals surface area contributed by atoms with Crippen molar-refractivity contribution in [1.29, 1.82) is 0 Å². The van der Waals surface area contributed by atoms with Crippen LogP contribution < -0.4 is 5.32 Å². The van der Waals surface area contributed by atoms with E-state index in [9.17, 15) is 5.11 Å². The van der Waals surface area contributed by atoms with Crippen molar-refractivity contribution in [2.75, 3.05) is 12.4 Å². The Morgan fingerprint density at radius 2 is 2.22 bits per heavy atom. The summed E-state index contributed by atoms with van der Waals surface area (Å²) in [6.07, 6.45) is 3.26. The molecule has 0 radical (unpaired) electrons. The van der Waals surface area contributed by atoms with Gasteiger partial charge < -0.3 is 25.1 Å². The van der Waals surface area contributed by atoms with Crippen molar-refractivity contribution in [2.45, 2.75) is 12.7 Å². The quantitative estimate of drug-likeness (QED) is 0.495. The predicted molar refractivity (Wildman–Crippen MR) is 73.9 cm³/mol. The van der Waals surface area contributed by atoms with Crippen LogP contribution in [0.2, 0.25) is 0 Å². The van der Waals surface area contributed by atoms with Crippen LogP contribution in [0.5, 0.6) is 0 Å². The number of aliphatic hydroxyl groups is 1. The number of ether oxygens (including phenoxy) is 1. The largest absolute Gasteiger partial charge is 0.368 e. The minimum atomic E-state index is -0.758. The van der Waals surface area contributed by atoms with Crippen LogP contribution in [0.15, 0.2) is 30.5 Å². The smallest absolute Gasteiger partial charge is 0.175 e. The van der Waals surface area contributed by atoms with Gasteiger partial charge >= 0.3 is 0 Å². The van der Waals surface area contributed by atoms with Crippen molar-refractivity contribution in [2.24, 2.45) is 0 Å². The molecule has 0 bridgehead atoms. The molecular formula is C12H15N3O2S. The first kappa shape index (κ1) is 12.8. The number of rotatable bonds is 5. The Morgan fingerprint density at radius 3 is 3.00 bits per heavy atom. The van der Waals surface area contributed by atoms with Crippen molar-refractivity contribution in [3.63, 3.8) is 0 Å². The van der Waals surface area contributed by atoms with Gasteiger partial charge in [-0.1, -0.05) is 6.08 Å². The van der Waals surface area contributed by atoms with Crippen LogP contribution in [-0.2, 0) is 4.74 Å². The Balaban J connectivity index is 2.01. The van der Waals surface area contributed by atoms with E-state index in [2.05, 4.69) is 15.3 Å². The standard InChI is InChI=1S/C12H15N3O2S/c1-17-11(16)3-2-6-13-8-4-5-9-10(7-8)15-12(18)14-9/h2,4-7,11,13,16H,3H2,1H3,(H2,14,15,18)/b6-2+. The molecule has 0 saturated carbocycles. The van der Waals surface area contributed by atoms with Gasteiger partial charge in [0.1, 0.15) is 0 Å². The van der Waals surface area contributed by atoms with E-state index in [-0.39, 0.29) is 0 Å². The molecule has 6 heteroatoms. The molecule has 0 fully saturated rings. The molecule has 2 aromatic rings. The number of H-pyrrole nitrogens is 2. The highest BCUT2D eigenvalue weighted by Crippen LogP contribution is 2.16. The van der Waals surface area contributed by atoms with Crippen LogP contribution in [0.1, 0.15) is 6.42 Å². The Bertz CT molecular complexity index is 603. The number of anilines is 1. The topological polar surface area (TPSA) is 73.1 Å². The molecule has 4 N–H and O–H groups in total. The normalized spacial score (nSPS) is 13.2. The zero-order valence-electron chi connectivity index (χ0n) is 9.93. The second-order valence-corrected chi connectivity index (χ2v) is 4.22. The SMILES string of the molecule is COC(O)C/C=C/Nc1ccc2[nH]c(=S)[nH]c2c1. The second kappa shape index (κ2) is 5.81. The number of imidazole rings is 1. The molecule has 1 unspecified atom stereocenters. The molecule has 0 saturated heterocycles. The zero-order valence-corrected chi connectivity index (χ0v) is 10.8. The Labute approximate surface area is 109 Å². The molecule has 1 aromatic heterocycles. The van der Waals surface area contributed by atoms with Crippen molar-refractivity contribution in [3.05, 3.63) is 35.2 Å². The van der Waals surface area contributed by atoms with Crippen molar-refractivity contribution >= 4 is 28.9 Å². The van der Waals surface area contributed by atoms with E-state index in [4.69, 9.17) is 17.0 Å². The Morgan fingerprint density at radius 1 is 1.44 bits per heavy atom. The Hall–Kier alpha value is -1.63. The molecule has 0 aliphatic rings. The summed E-state index contributed by atoms with van der Waals surface area (Å²) in [6.45, 7) is 0. The Kier molecular flexibility index (Phi) is 4.14. The van der Waals surface area contributed by atoms with Gasteiger partial charge in [0.15, 0.2) is 11.1 Å². The van der Waals surface area contributed by atoms with Crippen LogP contribution in [0.3, 0.4) is 0 Å². The molecule has 0 aliphatic heterocycles. The molecule has 1 atom stereocenters. The fraction of sp³-hybridized carbons (Fsp3) is 0.250. The van der Waals surface area contributed by atoms with E-state index in [0.29, 0.717) is 11.2 Å².